The van der Waals surface area contributed by atoms with Crippen LogP contribution in [-0.4, -0.2) is 61.0 Å². The summed E-state index contributed by atoms with van der Waals surface area (Å²) in [6.07, 6.45) is 1.93. The van der Waals surface area contributed by atoms with Crippen molar-refractivity contribution >= 4 is 17.2 Å². The van der Waals surface area contributed by atoms with Crippen LogP contribution in [0.5, 0.6) is 0 Å². The number of nitrogens with zero attached hydrogens (tertiary/aromatic N) is 3. The van der Waals surface area contributed by atoms with Crippen molar-refractivity contribution in [3.8, 4) is 0 Å². The van der Waals surface area contributed by atoms with Gasteiger partial charge in [-0.1, -0.05) is 0 Å². The Balaban J connectivity index is 1.76. The molecule has 5 nitrogen and oxygen atoms in total. The second-order valence-electron chi connectivity index (χ2n) is 5.77. The van der Waals surface area contributed by atoms with Crippen LogP contribution >= 0.6 is 11.3 Å². The summed E-state index contributed by atoms with van der Waals surface area (Å²) in [6.45, 7) is 6.58. The molecule has 1 aromatic heterocycles. The molecule has 0 radical (unpaired) electrons. The van der Waals surface area contributed by atoms with Gasteiger partial charge in [0.1, 0.15) is 0 Å². The van der Waals surface area contributed by atoms with E-state index in [1.165, 1.54) is 0 Å². The Kier molecular flexibility index (Phi) is 6.14. The van der Waals surface area contributed by atoms with E-state index in [4.69, 9.17) is 0 Å². The van der Waals surface area contributed by atoms with Crippen molar-refractivity contribution in [2.75, 3.05) is 40.3 Å². The smallest absolute Gasteiger partial charge is 0.225 e. The van der Waals surface area contributed by atoms with Crippen LogP contribution in [0.2, 0.25) is 0 Å². The summed E-state index contributed by atoms with van der Waals surface area (Å²) < 4.78 is 0. The van der Waals surface area contributed by atoms with Crippen molar-refractivity contribution in [2.24, 2.45) is 5.92 Å². The summed E-state index contributed by atoms with van der Waals surface area (Å²) >= 11 is 1.71. The lowest BCUT2D eigenvalue weighted by molar-refractivity contribution is -0.135. The van der Waals surface area contributed by atoms with E-state index in [1.807, 2.05) is 25.9 Å². The molecule has 0 atom stereocenters. The lowest BCUT2D eigenvalue weighted by Gasteiger charge is -2.32. The first kappa shape index (κ1) is 16.4. The number of hydrogen-bond donors (Lipinski definition) is 1. The molecule has 1 amide bonds. The molecule has 1 aliphatic rings. The standard InChI is InChI=1S/C15H26N4OS/c1-12-17-14(11-21-12)10-19-7-4-13(5-8-19)15(20)18(3)9-6-16-2/h11,13,16H,4-10H2,1-3H3. The summed E-state index contributed by atoms with van der Waals surface area (Å²) in [6, 6.07) is 0. The van der Waals surface area contributed by atoms with Crippen molar-refractivity contribution < 1.29 is 4.79 Å². The van der Waals surface area contributed by atoms with Crippen molar-refractivity contribution in [1.29, 1.82) is 0 Å². The van der Waals surface area contributed by atoms with Crippen LogP contribution in [0.1, 0.15) is 23.5 Å². The van der Waals surface area contributed by atoms with Crippen LogP contribution in [-0.2, 0) is 11.3 Å². The van der Waals surface area contributed by atoms with E-state index < -0.39 is 0 Å². The van der Waals surface area contributed by atoms with Gasteiger partial charge in [-0.05, 0) is 39.9 Å². The average molecular weight is 310 g/mol. The first-order valence-corrected chi connectivity index (χ1v) is 8.51. The molecule has 1 aliphatic heterocycles. The highest BCUT2D eigenvalue weighted by atomic mass is 32.1. The van der Waals surface area contributed by atoms with Gasteiger partial charge >= 0.3 is 0 Å². The molecule has 0 aliphatic carbocycles. The van der Waals surface area contributed by atoms with E-state index in [0.29, 0.717) is 5.91 Å². The van der Waals surface area contributed by atoms with Gasteiger partial charge in [0, 0.05) is 38.0 Å². The highest BCUT2D eigenvalue weighted by Crippen LogP contribution is 2.21. The Morgan fingerprint density at radius 1 is 1.52 bits per heavy atom. The molecule has 0 spiro atoms. The minimum atomic E-state index is 0.195. The fourth-order valence-electron chi connectivity index (χ4n) is 2.75. The second kappa shape index (κ2) is 7.87. The number of likely N-dealkylation sites (tertiary alicyclic amines) is 1. The number of nitrogens with one attached hydrogen (secondary N) is 1. The lowest BCUT2D eigenvalue weighted by Crippen LogP contribution is -2.42. The van der Waals surface area contributed by atoms with Crippen LogP contribution in [0, 0.1) is 12.8 Å². The summed E-state index contributed by atoms with van der Waals surface area (Å²) in [5.74, 6) is 0.495. The molecule has 1 saturated heterocycles. The molecule has 1 aromatic rings. The zero-order valence-corrected chi connectivity index (χ0v) is 14.1. The number of carbonyl (C=O) groups excluding carboxylic acids is 1. The van der Waals surface area contributed by atoms with Crippen LogP contribution in [0.4, 0.5) is 0 Å². The number of aryl methyl sites for hydroxylation is 1. The largest absolute Gasteiger partial charge is 0.344 e. The third-order valence-electron chi connectivity index (χ3n) is 4.06. The molecule has 2 rings (SSSR count). The number of rotatable bonds is 6. The fraction of sp³-hybridized carbons (Fsp3) is 0.733. The maximum Gasteiger partial charge on any atom is 0.225 e. The van der Waals surface area contributed by atoms with Gasteiger partial charge in [-0.3, -0.25) is 9.69 Å². The van der Waals surface area contributed by atoms with E-state index in [9.17, 15) is 4.79 Å². The van der Waals surface area contributed by atoms with Crippen molar-refractivity contribution in [1.82, 2.24) is 20.1 Å². The molecule has 0 saturated carbocycles. The molecule has 0 unspecified atom stereocenters. The predicted molar refractivity (Wildman–Crippen MR) is 86.4 cm³/mol. The van der Waals surface area contributed by atoms with Crippen LogP contribution in [0.25, 0.3) is 0 Å². The second-order valence-corrected chi connectivity index (χ2v) is 6.83. The summed E-state index contributed by atoms with van der Waals surface area (Å²) in [4.78, 5) is 21.1. The van der Waals surface area contributed by atoms with E-state index in [0.717, 1.165) is 56.3 Å². The van der Waals surface area contributed by atoms with E-state index in [1.54, 1.807) is 11.3 Å². The minimum Gasteiger partial charge on any atom is -0.344 e. The number of likely N-dealkylation sites (N-methyl/N-ethyl adjacent to an activating group) is 2. The van der Waals surface area contributed by atoms with Crippen LogP contribution in [0.15, 0.2) is 5.38 Å². The Morgan fingerprint density at radius 2 is 2.24 bits per heavy atom. The van der Waals surface area contributed by atoms with Crippen molar-refractivity contribution in [3.05, 3.63) is 16.1 Å². The summed E-state index contributed by atoms with van der Waals surface area (Å²) in [5.41, 5.74) is 1.16. The van der Waals surface area contributed by atoms with Gasteiger partial charge in [0.2, 0.25) is 5.91 Å². The maximum atomic E-state index is 12.3. The first-order valence-electron chi connectivity index (χ1n) is 7.63. The van der Waals surface area contributed by atoms with E-state index in [2.05, 4.69) is 20.6 Å². The van der Waals surface area contributed by atoms with E-state index >= 15 is 0 Å². The quantitative estimate of drug-likeness (QED) is 0.861. The van der Waals surface area contributed by atoms with Gasteiger partial charge in [0.15, 0.2) is 0 Å². The van der Waals surface area contributed by atoms with Crippen LogP contribution in [0.3, 0.4) is 0 Å². The first-order chi connectivity index (χ1) is 10.1. The lowest BCUT2D eigenvalue weighted by atomic mass is 9.95. The molecule has 0 aromatic carbocycles. The molecule has 1 fully saturated rings. The Labute approximate surface area is 131 Å². The number of amides is 1. The van der Waals surface area contributed by atoms with Crippen LogP contribution < -0.4 is 5.32 Å². The average Bonchev–Trinajstić information content (AvgIpc) is 2.90. The molecular formula is C15H26N4OS. The Morgan fingerprint density at radius 3 is 2.81 bits per heavy atom. The van der Waals surface area contributed by atoms with Gasteiger partial charge < -0.3 is 10.2 Å². The van der Waals surface area contributed by atoms with Gasteiger partial charge in [-0.25, -0.2) is 4.98 Å². The van der Waals surface area contributed by atoms with Gasteiger partial charge in [-0.2, -0.15) is 0 Å². The number of hydrogen-bond acceptors (Lipinski definition) is 5. The minimum absolute atomic E-state index is 0.195. The normalized spacial score (nSPS) is 17.1. The monoisotopic (exact) mass is 310 g/mol. The van der Waals surface area contributed by atoms with Crippen molar-refractivity contribution in [2.45, 2.75) is 26.3 Å². The van der Waals surface area contributed by atoms with Gasteiger partial charge in [-0.15, -0.1) is 11.3 Å². The number of carbonyl (C=O) groups is 1. The third-order valence-corrected chi connectivity index (χ3v) is 4.88. The third kappa shape index (κ3) is 4.76. The van der Waals surface area contributed by atoms with Gasteiger partial charge in [0.25, 0.3) is 0 Å². The molecular weight excluding hydrogens is 284 g/mol. The molecule has 118 valence electrons. The number of aromatic nitrogens is 1. The highest BCUT2D eigenvalue weighted by Gasteiger charge is 2.27. The summed E-state index contributed by atoms with van der Waals surface area (Å²) in [7, 11) is 3.82. The van der Waals surface area contributed by atoms with Gasteiger partial charge in [0.05, 0.1) is 10.7 Å². The molecule has 1 N–H and O–H groups in total. The highest BCUT2D eigenvalue weighted by molar-refractivity contribution is 7.09. The van der Waals surface area contributed by atoms with E-state index in [-0.39, 0.29) is 5.92 Å². The maximum absolute atomic E-state index is 12.3. The predicted octanol–water partition coefficient (Wildman–Crippen LogP) is 1.34. The topological polar surface area (TPSA) is 48.5 Å². The molecule has 2 heterocycles. The van der Waals surface area contributed by atoms with Crippen molar-refractivity contribution in [3.63, 3.8) is 0 Å². The molecule has 21 heavy (non-hydrogen) atoms. The SMILES string of the molecule is CNCCN(C)C(=O)C1CCN(Cc2csc(C)n2)CC1. The fourth-order valence-corrected chi connectivity index (χ4v) is 3.35. The Bertz CT molecular complexity index is 454. The zero-order chi connectivity index (χ0) is 15.2. The molecule has 0 bridgehead atoms. The molecule has 6 heteroatoms. The number of thiazole rings is 1. The Hall–Kier alpha value is -0.980. The number of piperidine rings is 1. The summed E-state index contributed by atoms with van der Waals surface area (Å²) in [5, 5.41) is 6.35. The zero-order valence-electron chi connectivity index (χ0n) is 13.3.